The van der Waals surface area contributed by atoms with Gasteiger partial charge in [-0.05, 0) is 106 Å². The SMILES string of the molecule is c1ccc(-c2ccccc2-c2ccc3cc(-c4nc(-c5ccc(-c6cccc7ccccc67)cc5)nc(-c5cccc(-c6ccc(-c7cccc8ccccc78)cc6)c5)n4)ccc3c2)cc1. The summed E-state index contributed by atoms with van der Waals surface area (Å²) in [5.74, 6) is 1.87. The van der Waals surface area contributed by atoms with Crippen molar-refractivity contribution in [3.8, 4) is 89.8 Å². The average Bonchev–Trinajstić information content (AvgIpc) is 3.40. The van der Waals surface area contributed by atoms with Crippen molar-refractivity contribution in [3.63, 3.8) is 0 Å². The van der Waals surface area contributed by atoms with Crippen LogP contribution in [0.2, 0.25) is 0 Å². The normalized spacial score (nSPS) is 11.3. The van der Waals surface area contributed by atoms with Crippen LogP contribution >= 0.6 is 0 Å². The fourth-order valence-electron chi connectivity index (χ4n) is 9.35. The number of rotatable bonds is 8. The van der Waals surface area contributed by atoms with E-state index in [4.69, 9.17) is 15.0 Å². The highest BCUT2D eigenvalue weighted by Crippen LogP contribution is 2.37. The van der Waals surface area contributed by atoms with Gasteiger partial charge in [-0.2, -0.15) is 0 Å². The van der Waals surface area contributed by atoms with Crippen LogP contribution < -0.4 is 0 Å². The Balaban J connectivity index is 0.930. The lowest BCUT2D eigenvalue weighted by atomic mass is 9.93. The Hall–Kier alpha value is -8.79. The molecule has 3 nitrogen and oxygen atoms in total. The smallest absolute Gasteiger partial charge is 0.164 e. The lowest BCUT2D eigenvalue weighted by Gasteiger charge is -2.13. The molecular formula is C63H41N3. The predicted octanol–water partition coefficient (Wildman–Crippen LogP) is 16.7. The van der Waals surface area contributed by atoms with Gasteiger partial charge in [0.25, 0.3) is 0 Å². The summed E-state index contributed by atoms with van der Waals surface area (Å²) in [6.45, 7) is 0. The zero-order chi connectivity index (χ0) is 43.8. The van der Waals surface area contributed by atoms with Gasteiger partial charge in [0.2, 0.25) is 0 Å². The van der Waals surface area contributed by atoms with Crippen LogP contribution in [0.15, 0.2) is 249 Å². The summed E-state index contributed by atoms with van der Waals surface area (Å²) in [6.07, 6.45) is 0. The Labute approximate surface area is 384 Å². The van der Waals surface area contributed by atoms with Crippen LogP contribution in [0, 0.1) is 0 Å². The molecule has 12 aromatic rings. The van der Waals surface area contributed by atoms with Crippen LogP contribution in [0.25, 0.3) is 122 Å². The molecule has 0 fully saturated rings. The van der Waals surface area contributed by atoms with Gasteiger partial charge >= 0.3 is 0 Å². The molecule has 0 saturated carbocycles. The summed E-state index contributed by atoms with van der Waals surface area (Å²) in [6, 6.07) is 88.5. The molecule has 0 radical (unpaired) electrons. The Morgan fingerprint density at radius 1 is 0.182 bits per heavy atom. The van der Waals surface area contributed by atoms with Gasteiger partial charge in [-0.1, -0.05) is 231 Å². The topological polar surface area (TPSA) is 38.7 Å². The molecule has 12 rings (SSSR count). The second kappa shape index (κ2) is 16.7. The molecular weight excluding hydrogens is 799 g/mol. The van der Waals surface area contributed by atoms with Gasteiger partial charge in [0.15, 0.2) is 17.5 Å². The monoisotopic (exact) mass is 839 g/mol. The number of hydrogen-bond acceptors (Lipinski definition) is 3. The largest absolute Gasteiger partial charge is 0.208 e. The molecule has 0 aliphatic carbocycles. The summed E-state index contributed by atoms with van der Waals surface area (Å²) < 4.78 is 0. The van der Waals surface area contributed by atoms with Crippen LogP contribution in [-0.4, -0.2) is 15.0 Å². The maximum absolute atomic E-state index is 5.21. The highest BCUT2D eigenvalue weighted by atomic mass is 15.0. The van der Waals surface area contributed by atoms with E-state index in [-0.39, 0.29) is 0 Å². The second-order valence-electron chi connectivity index (χ2n) is 16.8. The van der Waals surface area contributed by atoms with Crippen LogP contribution in [0.1, 0.15) is 0 Å². The summed E-state index contributed by atoms with van der Waals surface area (Å²) in [5.41, 5.74) is 14.5. The molecule has 0 bridgehead atoms. The third-order valence-corrected chi connectivity index (χ3v) is 12.7. The van der Waals surface area contributed by atoms with Gasteiger partial charge in [-0.3, -0.25) is 0 Å². The third-order valence-electron chi connectivity index (χ3n) is 12.7. The Morgan fingerprint density at radius 2 is 0.545 bits per heavy atom. The molecule has 0 aliphatic heterocycles. The van der Waals surface area contributed by atoms with Crippen molar-refractivity contribution >= 4 is 32.3 Å². The lowest BCUT2D eigenvalue weighted by molar-refractivity contribution is 1.07. The average molecular weight is 840 g/mol. The van der Waals surface area contributed by atoms with Crippen molar-refractivity contribution in [2.45, 2.75) is 0 Å². The van der Waals surface area contributed by atoms with Gasteiger partial charge < -0.3 is 0 Å². The fourth-order valence-corrected chi connectivity index (χ4v) is 9.35. The highest BCUT2D eigenvalue weighted by Gasteiger charge is 2.16. The lowest BCUT2D eigenvalue weighted by Crippen LogP contribution is -2.00. The quantitative estimate of drug-likeness (QED) is 0.153. The molecule has 11 aromatic carbocycles. The minimum atomic E-state index is 0.621. The van der Waals surface area contributed by atoms with Gasteiger partial charge in [-0.25, -0.2) is 15.0 Å². The second-order valence-corrected chi connectivity index (χ2v) is 16.8. The number of aromatic nitrogens is 3. The number of benzene rings is 11. The van der Waals surface area contributed by atoms with Crippen molar-refractivity contribution in [2.24, 2.45) is 0 Å². The first-order valence-corrected chi connectivity index (χ1v) is 22.4. The fraction of sp³-hybridized carbons (Fsp3) is 0. The predicted molar refractivity (Wildman–Crippen MR) is 276 cm³/mol. The molecule has 1 heterocycles. The maximum Gasteiger partial charge on any atom is 0.164 e. The third kappa shape index (κ3) is 7.39. The number of fused-ring (bicyclic) bond motifs is 3. The Morgan fingerprint density at radius 3 is 1.17 bits per heavy atom. The van der Waals surface area contributed by atoms with E-state index in [1.54, 1.807) is 0 Å². The van der Waals surface area contributed by atoms with Crippen LogP contribution in [0.4, 0.5) is 0 Å². The number of hydrogen-bond donors (Lipinski definition) is 0. The highest BCUT2D eigenvalue weighted by molar-refractivity contribution is 5.98. The molecule has 0 N–H and O–H groups in total. The molecule has 0 aliphatic rings. The van der Waals surface area contributed by atoms with Gasteiger partial charge in [0, 0.05) is 16.7 Å². The van der Waals surface area contributed by atoms with E-state index in [0.717, 1.165) is 44.2 Å². The number of nitrogens with zero attached hydrogens (tertiary/aromatic N) is 3. The Bertz CT molecular complexity index is 3730. The van der Waals surface area contributed by atoms with Crippen molar-refractivity contribution in [3.05, 3.63) is 249 Å². The Kier molecular flexibility index (Phi) is 9.85. The van der Waals surface area contributed by atoms with Crippen LogP contribution in [0.3, 0.4) is 0 Å². The molecule has 0 atom stereocenters. The molecule has 66 heavy (non-hydrogen) atoms. The van der Waals surface area contributed by atoms with E-state index in [1.165, 1.54) is 60.5 Å². The van der Waals surface area contributed by atoms with Crippen molar-refractivity contribution in [1.82, 2.24) is 15.0 Å². The summed E-state index contributed by atoms with van der Waals surface area (Å²) in [5, 5.41) is 7.20. The van der Waals surface area contributed by atoms with E-state index in [0.29, 0.717) is 17.5 Å². The van der Waals surface area contributed by atoms with E-state index in [9.17, 15) is 0 Å². The van der Waals surface area contributed by atoms with Crippen LogP contribution in [0.5, 0.6) is 0 Å². The minimum absolute atomic E-state index is 0.621. The van der Waals surface area contributed by atoms with E-state index >= 15 is 0 Å². The molecule has 3 heteroatoms. The molecule has 1 aromatic heterocycles. The van der Waals surface area contributed by atoms with Crippen molar-refractivity contribution < 1.29 is 0 Å². The summed E-state index contributed by atoms with van der Waals surface area (Å²) in [7, 11) is 0. The summed E-state index contributed by atoms with van der Waals surface area (Å²) in [4.78, 5) is 15.6. The first-order chi connectivity index (χ1) is 32.7. The molecule has 308 valence electrons. The zero-order valence-electron chi connectivity index (χ0n) is 36.0. The summed E-state index contributed by atoms with van der Waals surface area (Å²) >= 11 is 0. The van der Waals surface area contributed by atoms with Gasteiger partial charge in [0.1, 0.15) is 0 Å². The standard InChI is InChI=1S/C63H41N3/c1-2-13-43(14-3-1)57-23-8-9-24-60(57)52-37-35-51-41-54(38-36-50(51)39-52)63-65-61(48-33-31-47(32-34-48)59-26-12-18-45-16-5-7-22-56(45)59)64-62(66-63)53-20-10-19-49(40-53)42-27-29-46(30-28-42)58-25-11-17-44-15-4-6-21-55(44)58/h1-41H. The van der Waals surface area contributed by atoms with Crippen LogP contribution in [-0.2, 0) is 0 Å². The zero-order valence-corrected chi connectivity index (χ0v) is 36.0. The molecule has 0 amide bonds. The molecule has 0 saturated heterocycles. The van der Waals surface area contributed by atoms with E-state index < -0.39 is 0 Å². The van der Waals surface area contributed by atoms with Crippen molar-refractivity contribution in [1.29, 1.82) is 0 Å². The van der Waals surface area contributed by atoms with Gasteiger partial charge in [0.05, 0.1) is 0 Å². The van der Waals surface area contributed by atoms with E-state index in [1.807, 2.05) is 0 Å². The molecule has 0 spiro atoms. The van der Waals surface area contributed by atoms with Crippen molar-refractivity contribution in [2.75, 3.05) is 0 Å². The van der Waals surface area contributed by atoms with Gasteiger partial charge in [-0.15, -0.1) is 0 Å². The molecule has 0 unspecified atom stereocenters. The first kappa shape index (κ1) is 38.9. The minimum Gasteiger partial charge on any atom is -0.208 e. The maximum atomic E-state index is 5.21. The first-order valence-electron chi connectivity index (χ1n) is 22.4. The van der Waals surface area contributed by atoms with E-state index in [2.05, 4.69) is 249 Å².